The molecule has 0 radical (unpaired) electrons. The maximum Gasteiger partial charge on any atom is 0.446 e. The van der Waals surface area contributed by atoms with Crippen LogP contribution in [-0.4, -0.2) is 18.1 Å². The van der Waals surface area contributed by atoms with E-state index in [4.69, 9.17) is 10.00 Å². The van der Waals surface area contributed by atoms with Gasteiger partial charge in [0.25, 0.3) is 0 Å². The van der Waals surface area contributed by atoms with E-state index in [1.165, 1.54) is 6.07 Å². The molecule has 3 nitrogen and oxygen atoms in total. The van der Waals surface area contributed by atoms with Crippen molar-refractivity contribution in [3.05, 3.63) is 23.3 Å². The summed E-state index contributed by atoms with van der Waals surface area (Å²) in [5, 5.41) is 8.88. The average Bonchev–Trinajstić information content (AvgIpc) is 2.26. The normalized spacial score (nSPS) is 11.0. The van der Waals surface area contributed by atoms with Gasteiger partial charge in [-0.05, 0) is 36.4 Å². The number of ether oxygens (including phenoxy) is 1. The number of nitriles is 1. The van der Waals surface area contributed by atoms with E-state index in [1.54, 1.807) is 13.0 Å². The van der Waals surface area contributed by atoms with Crippen molar-refractivity contribution in [2.45, 2.75) is 28.6 Å². The summed E-state index contributed by atoms with van der Waals surface area (Å²) in [5.74, 6) is -0.548. The maximum absolute atomic E-state index is 12.4. The zero-order chi connectivity index (χ0) is 15.3. The van der Waals surface area contributed by atoms with Crippen molar-refractivity contribution in [2.75, 3.05) is 6.61 Å². The van der Waals surface area contributed by atoms with Crippen LogP contribution in [-0.2, 0) is 16.0 Å². The van der Waals surface area contributed by atoms with Crippen molar-refractivity contribution in [3.8, 4) is 6.07 Å². The Balaban J connectivity index is 3.12. The van der Waals surface area contributed by atoms with E-state index < -0.39 is 23.2 Å². The lowest BCUT2D eigenvalue weighted by Gasteiger charge is -2.11. The van der Waals surface area contributed by atoms with Crippen LogP contribution in [0.5, 0.6) is 0 Å². The van der Waals surface area contributed by atoms with Crippen LogP contribution in [0.25, 0.3) is 0 Å². The molecule has 108 valence electrons. The molecule has 0 spiro atoms. The second kappa shape index (κ2) is 6.90. The maximum atomic E-state index is 12.4. The molecule has 8 heteroatoms. The number of thioether (sulfide) groups is 1. The molecule has 20 heavy (non-hydrogen) atoms. The van der Waals surface area contributed by atoms with Crippen molar-refractivity contribution >= 4 is 30.4 Å². The number of hydrogen-bond donors (Lipinski definition) is 1. The number of halogens is 3. The number of carbonyl (C=O) groups is 1. The molecule has 1 rings (SSSR count). The van der Waals surface area contributed by atoms with Crippen molar-refractivity contribution in [2.24, 2.45) is 0 Å². The van der Waals surface area contributed by atoms with Crippen molar-refractivity contribution in [3.63, 3.8) is 0 Å². The molecule has 0 aliphatic carbocycles. The van der Waals surface area contributed by atoms with E-state index in [2.05, 4.69) is 12.6 Å². The molecule has 0 aromatic heterocycles. The van der Waals surface area contributed by atoms with Crippen LogP contribution in [0.2, 0.25) is 0 Å². The van der Waals surface area contributed by atoms with Gasteiger partial charge in [-0.15, -0.1) is 12.6 Å². The minimum atomic E-state index is -4.52. The van der Waals surface area contributed by atoms with E-state index >= 15 is 0 Å². The Hall–Kier alpha value is -1.33. The minimum absolute atomic E-state index is 0.0982. The number of carbonyl (C=O) groups excluding carboxylic acids is 1. The van der Waals surface area contributed by atoms with E-state index in [-0.39, 0.29) is 28.4 Å². The summed E-state index contributed by atoms with van der Waals surface area (Å²) >= 11 is 3.58. The van der Waals surface area contributed by atoms with Crippen molar-refractivity contribution < 1.29 is 22.7 Å². The van der Waals surface area contributed by atoms with Crippen LogP contribution < -0.4 is 0 Å². The molecular formula is C12H10F3NO2S2. The fraction of sp³-hybridized carbons (Fsp3) is 0.333. The Morgan fingerprint density at radius 1 is 1.50 bits per heavy atom. The fourth-order valence-corrected chi connectivity index (χ4v) is 2.58. The Kier molecular flexibility index (Phi) is 5.77. The van der Waals surface area contributed by atoms with Gasteiger partial charge in [0.2, 0.25) is 0 Å². The highest BCUT2D eigenvalue weighted by Gasteiger charge is 2.31. The standard InChI is InChI=1S/C12H10F3NO2S2/c1-2-18-11(17)5-7-3-9(19)8(6-16)10(4-7)20-12(13,14)15/h3-4,19H,2,5H2,1H3. The summed E-state index contributed by atoms with van der Waals surface area (Å²) in [5.41, 5.74) is -4.36. The van der Waals surface area contributed by atoms with Gasteiger partial charge in [-0.1, -0.05) is 0 Å². The molecule has 1 aromatic carbocycles. The topological polar surface area (TPSA) is 50.1 Å². The van der Waals surface area contributed by atoms with E-state index in [0.29, 0.717) is 5.56 Å². The number of benzene rings is 1. The Labute approximate surface area is 123 Å². The van der Waals surface area contributed by atoms with Crippen LogP contribution in [0.15, 0.2) is 21.9 Å². The number of rotatable bonds is 4. The van der Waals surface area contributed by atoms with Gasteiger partial charge in [-0.2, -0.15) is 18.4 Å². The summed E-state index contributed by atoms with van der Waals surface area (Å²) in [6.45, 7) is 1.82. The number of hydrogen-bond acceptors (Lipinski definition) is 5. The summed E-state index contributed by atoms with van der Waals surface area (Å²) in [6.07, 6.45) is -0.168. The van der Waals surface area contributed by atoms with Crippen LogP contribution >= 0.6 is 24.4 Å². The molecule has 0 saturated heterocycles. The van der Waals surface area contributed by atoms with E-state index in [9.17, 15) is 18.0 Å². The second-order valence-corrected chi connectivity index (χ2v) is 5.22. The molecule has 0 aliphatic heterocycles. The first-order valence-corrected chi connectivity index (χ1v) is 6.70. The molecule has 0 amide bonds. The first-order valence-electron chi connectivity index (χ1n) is 5.44. The third kappa shape index (κ3) is 4.98. The molecule has 0 unspecified atom stereocenters. The molecule has 1 aromatic rings. The smallest absolute Gasteiger partial charge is 0.446 e. The quantitative estimate of drug-likeness (QED) is 0.523. The molecule has 0 aliphatic rings. The molecular weight excluding hydrogens is 311 g/mol. The lowest BCUT2D eigenvalue weighted by molar-refractivity contribution is -0.142. The van der Waals surface area contributed by atoms with Gasteiger partial charge >= 0.3 is 11.5 Å². The Morgan fingerprint density at radius 3 is 2.65 bits per heavy atom. The summed E-state index contributed by atoms with van der Waals surface area (Å²) in [6, 6.07) is 4.23. The van der Waals surface area contributed by atoms with Crippen molar-refractivity contribution in [1.82, 2.24) is 0 Å². The lowest BCUT2D eigenvalue weighted by Crippen LogP contribution is -2.08. The zero-order valence-electron chi connectivity index (χ0n) is 10.3. The van der Waals surface area contributed by atoms with Gasteiger partial charge in [0, 0.05) is 9.79 Å². The highest BCUT2D eigenvalue weighted by molar-refractivity contribution is 8.00. The van der Waals surface area contributed by atoms with Gasteiger partial charge in [0.05, 0.1) is 18.6 Å². The molecule has 0 atom stereocenters. The second-order valence-electron chi connectivity index (χ2n) is 3.63. The predicted molar refractivity (Wildman–Crippen MR) is 70.7 cm³/mol. The summed E-state index contributed by atoms with van der Waals surface area (Å²) < 4.78 is 42.0. The fourth-order valence-electron chi connectivity index (χ4n) is 1.45. The SMILES string of the molecule is CCOC(=O)Cc1cc(S)c(C#N)c(SC(F)(F)F)c1. The highest BCUT2D eigenvalue weighted by atomic mass is 32.2. The van der Waals surface area contributed by atoms with Gasteiger partial charge < -0.3 is 4.74 Å². The van der Waals surface area contributed by atoms with Gasteiger partial charge in [0.1, 0.15) is 6.07 Å². The monoisotopic (exact) mass is 321 g/mol. The Bertz CT molecular complexity index is 553. The van der Waals surface area contributed by atoms with Gasteiger partial charge in [-0.3, -0.25) is 4.79 Å². The van der Waals surface area contributed by atoms with Crippen LogP contribution in [0, 0.1) is 11.3 Å². The van der Waals surface area contributed by atoms with E-state index in [1.807, 2.05) is 0 Å². The zero-order valence-corrected chi connectivity index (χ0v) is 12.0. The van der Waals surface area contributed by atoms with E-state index in [0.717, 1.165) is 6.07 Å². The predicted octanol–water partition coefficient (Wildman–Crippen LogP) is 3.56. The van der Waals surface area contributed by atoms with Gasteiger partial charge in [0.15, 0.2) is 0 Å². The van der Waals surface area contributed by atoms with Crippen molar-refractivity contribution in [1.29, 1.82) is 5.26 Å². The van der Waals surface area contributed by atoms with Gasteiger partial charge in [-0.25, -0.2) is 0 Å². The van der Waals surface area contributed by atoms with Crippen LogP contribution in [0.1, 0.15) is 18.1 Å². The first-order chi connectivity index (χ1) is 9.26. The number of thiol groups is 1. The first kappa shape index (κ1) is 16.7. The van der Waals surface area contributed by atoms with Crippen LogP contribution in [0.3, 0.4) is 0 Å². The lowest BCUT2D eigenvalue weighted by atomic mass is 10.1. The van der Waals surface area contributed by atoms with Crippen LogP contribution in [0.4, 0.5) is 13.2 Å². The Morgan fingerprint density at radius 2 is 2.15 bits per heavy atom. The number of alkyl halides is 3. The molecule has 0 N–H and O–H groups in total. The third-order valence-corrected chi connectivity index (χ3v) is 3.26. The summed E-state index contributed by atoms with van der Waals surface area (Å²) in [4.78, 5) is 11.2. The highest BCUT2D eigenvalue weighted by Crippen LogP contribution is 2.40. The molecule has 0 saturated carbocycles. The average molecular weight is 321 g/mol. The summed E-state index contributed by atoms with van der Waals surface area (Å²) in [7, 11) is 0. The molecule has 0 heterocycles. The minimum Gasteiger partial charge on any atom is -0.466 e. The largest absolute Gasteiger partial charge is 0.466 e. The molecule has 0 fully saturated rings. The molecule has 0 bridgehead atoms. The third-order valence-electron chi connectivity index (χ3n) is 2.13. The number of nitrogens with zero attached hydrogens (tertiary/aromatic N) is 1. The number of esters is 1.